The van der Waals surface area contributed by atoms with Crippen LogP contribution in [0.25, 0.3) is 0 Å². The molecule has 1 fully saturated rings. The first-order valence-electron chi connectivity index (χ1n) is 4.60. The first-order chi connectivity index (χ1) is 6.25. The molecule has 1 saturated heterocycles. The van der Waals surface area contributed by atoms with E-state index >= 15 is 0 Å². The van der Waals surface area contributed by atoms with Crippen LogP contribution >= 0.6 is 0 Å². The first kappa shape index (κ1) is 8.57. The molecule has 1 aromatic rings. The highest BCUT2D eigenvalue weighted by molar-refractivity contribution is 5.26. The van der Waals surface area contributed by atoms with Gasteiger partial charge >= 0.3 is 0 Å². The molecular formula is C11H14O2. The normalized spacial score (nSPS) is 25.7. The fraction of sp³-hybridized carbons (Fsp3) is 0.455. The van der Waals surface area contributed by atoms with Crippen LogP contribution in [0.5, 0.6) is 5.75 Å². The van der Waals surface area contributed by atoms with E-state index in [1.165, 1.54) is 5.56 Å². The van der Waals surface area contributed by atoms with Crippen molar-refractivity contribution in [3.05, 3.63) is 29.8 Å². The summed E-state index contributed by atoms with van der Waals surface area (Å²) in [4.78, 5) is 0. The van der Waals surface area contributed by atoms with Crippen molar-refractivity contribution in [3.63, 3.8) is 0 Å². The zero-order chi connectivity index (χ0) is 9.26. The predicted molar refractivity (Wildman–Crippen MR) is 51.0 cm³/mol. The van der Waals surface area contributed by atoms with Crippen molar-refractivity contribution < 1.29 is 9.47 Å². The van der Waals surface area contributed by atoms with E-state index in [9.17, 15) is 0 Å². The highest BCUT2D eigenvalue weighted by Gasteiger charge is 2.34. The largest absolute Gasteiger partial charge is 0.491 e. The molecule has 0 spiro atoms. The van der Waals surface area contributed by atoms with Crippen molar-refractivity contribution in [2.24, 2.45) is 0 Å². The molecule has 1 aromatic carbocycles. The highest BCUT2D eigenvalue weighted by Crippen LogP contribution is 2.22. The van der Waals surface area contributed by atoms with Crippen molar-refractivity contribution in [2.75, 3.05) is 6.61 Å². The van der Waals surface area contributed by atoms with Crippen molar-refractivity contribution in [1.82, 2.24) is 0 Å². The number of epoxide rings is 1. The lowest BCUT2D eigenvalue weighted by atomic mass is 10.2. The van der Waals surface area contributed by atoms with Gasteiger partial charge in [-0.25, -0.2) is 0 Å². The van der Waals surface area contributed by atoms with Gasteiger partial charge in [-0.3, -0.25) is 0 Å². The summed E-state index contributed by atoms with van der Waals surface area (Å²) in [5.74, 6) is 0.924. The van der Waals surface area contributed by atoms with Gasteiger partial charge in [0.15, 0.2) is 0 Å². The first-order valence-corrected chi connectivity index (χ1v) is 4.60. The van der Waals surface area contributed by atoms with Crippen LogP contribution in [0.4, 0.5) is 0 Å². The van der Waals surface area contributed by atoms with E-state index in [0.717, 1.165) is 5.75 Å². The lowest BCUT2D eigenvalue weighted by Gasteiger charge is -2.03. The third kappa shape index (κ3) is 2.22. The van der Waals surface area contributed by atoms with Crippen molar-refractivity contribution in [2.45, 2.75) is 26.1 Å². The molecule has 0 radical (unpaired) electrons. The minimum Gasteiger partial charge on any atom is -0.491 e. The van der Waals surface area contributed by atoms with E-state index in [4.69, 9.17) is 9.47 Å². The van der Waals surface area contributed by atoms with Gasteiger partial charge in [-0.15, -0.1) is 0 Å². The summed E-state index contributed by atoms with van der Waals surface area (Å²) < 4.78 is 10.8. The lowest BCUT2D eigenvalue weighted by molar-refractivity contribution is 0.261. The van der Waals surface area contributed by atoms with Crippen molar-refractivity contribution >= 4 is 0 Å². The average molecular weight is 178 g/mol. The molecule has 1 heterocycles. The summed E-state index contributed by atoms with van der Waals surface area (Å²) in [5, 5.41) is 0. The number of aryl methyl sites for hydroxylation is 1. The van der Waals surface area contributed by atoms with Crippen LogP contribution in [0.1, 0.15) is 12.5 Å². The number of ether oxygens (including phenoxy) is 2. The van der Waals surface area contributed by atoms with Gasteiger partial charge in [-0.1, -0.05) is 17.7 Å². The van der Waals surface area contributed by atoms with Crippen LogP contribution < -0.4 is 4.74 Å². The molecule has 1 aliphatic rings. The van der Waals surface area contributed by atoms with Crippen LogP contribution in [0.3, 0.4) is 0 Å². The monoisotopic (exact) mass is 178 g/mol. The average Bonchev–Trinajstić information content (AvgIpc) is 2.81. The van der Waals surface area contributed by atoms with Gasteiger partial charge in [0, 0.05) is 0 Å². The topological polar surface area (TPSA) is 21.8 Å². The van der Waals surface area contributed by atoms with Crippen LogP contribution in [0.15, 0.2) is 24.3 Å². The van der Waals surface area contributed by atoms with E-state index in [2.05, 4.69) is 13.8 Å². The summed E-state index contributed by atoms with van der Waals surface area (Å²) in [6.07, 6.45) is 0.687. The maximum Gasteiger partial charge on any atom is 0.119 e. The molecule has 0 aliphatic carbocycles. The maximum absolute atomic E-state index is 5.53. The lowest BCUT2D eigenvalue weighted by Crippen LogP contribution is -2.05. The molecule has 13 heavy (non-hydrogen) atoms. The van der Waals surface area contributed by atoms with Crippen LogP contribution in [-0.2, 0) is 4.74 Å². The van der Waals surface area contributed by atoms with Gasteiger partial charge in [0.2, 0.25) is 0 Å². The molecule has 0 saturated carbocycles. The van der Waals surface area contributed by atoms with Crippen LogP contribution in [0, 0.1) is 6.92 Å². The van der Waals surface area contributed by atoms with Gasteiger partial charge in [0.05, 0.1) is 6.10 Å². The number of rotatable bonds is 3. The predicted octanol–water partition coefficient (Wildman–Crippen LogP) is 2.16. The smallest absolute Gasteiger partial charge is 0.119 e. The molecule has 2 heteroatoms. The third-order valence-electron chi connectivity index (χ3n) is 2.27. The van der Waals surface area contributed by atoms with Crippen LogP contribution in [-0.4, -0.2) is 18.8 Å². The Kier molecular flexibility index (Phi) is 2.23. The van der Waals surface area contributed by atoms with Crippen LogP contribution in [0.2, 0.25) is 0 Å². The fourth-order valence-electron chi connectivity index (χ4n) is 1.22. The number of hydrogen-bond acceptors (Lipinski definition) is 2. The van der Waals surface area contributed by atoms with E-state index in [-0.39, 0.29) is 0 Å². The molecule has 2 rings (SSSR count). The van der Waals surface area contributed by atoms with Gasteiger partial charge < -0.3 is 9.47 Å². The molecule has 2 atom stereocenters. The van der Waals surface area contributed by atoms with Gasteiger partial charge in [-0.2, -0.15) is 0 Å². The van der Waals surface area contributed by atoms with Gasteiger partial charge in [0.1, 0.15) is 18.5 Å². The molecule has 0 bridgehead atoms. The van der Waals surface area contributed by atoms with Gasteiger partial charge in [0.25, 0.3) is 0 Å². The molecular weight excluding hydrogens is 164 g/mol. The second-order valence-corrected chi connectivity index (χ2v) is 3.50. The summed E-state index contributed by atoms with van der Waals surface area (Å²) in [5.41, 5.74) is 1.25. The van der Waals surface area contributed by atoms with Crippen molar-refractivity contribution in [3.8, 4) is 5.75 Å². The maximum atomic E-state index is 5.53. The standard InChI is InChI=1S/C11H14O2/c1-8-3-5-10(6-4-8)12-7-11-9(2)13-11/h3-6,9,11H,7H2,1-2H3/t9-,11+/m0/s1. The molecule has 1 aliphatic heterocycles. The minimum atomic E-state index is 0.307. The Labute approximate surface area is 78.5 Å². The molecule has 2 nitrogen and oxygen atoms in total. The minimum absolute atomic E-state index is 0.307. The second kappa shape index (κ2) is 3.38. The Hall–Kier alpha value is -1.02. The Bertz CT molecular complexity index is 279. The zero-order valence-electron chi connectivity index (χ0n) is 7.99. The molecule has 0 amide bonds. The number of benzene rings is 1. The highest BCUT2D eigenvalue weighted by atomic mass is 16.6. The van der Waals surface area contributed by atoms with E-state index in [0.29, 0.717) is 18.8 Å². The Balaban J connectivity index is 1.84. The van der Waals surface area contributed by atoms with Crippen molar-refractivity contribution in [1.29, 1.82) is 0 Å². The zero-order valence-corrected chi connectivity index (χ0v) is 7.99. The summed E-state index contributed by atoms with van der Waals surface area (Å²) in [6.45, 7) is 4.79. The third-order valence-corrected chi connectivity index (χ3v) is 2.27. The Morgan fingerprint density at radius 1 is 1.31 bits per heavy atom. The molecule has 0 N–H and O–H groups in total. The molecule has 0 unspecified atom stereocenters. The van der Waals surface area contributed by atoms with Gasteiger partial charge in [-0.05, 0) is 26.0 Å². The Morgan fingerprint density at radius 2 is 1.92 bits per heavy atom. The quantitative estimate of drug-likeness (QED) is 0.661. The summed E-state index contributed by atoms with van der Waals surface area (Å²) in [6, 6.07) is 8.07. The second-order valence-electron chi connectivity index (χ2n) is 3.50. The van der Waals surface area contributed by atoms with E-state index in [1.54, 1.807) is 0 Å². The fourth-order valence-corrected chi connectivity index (χ4v) is 1.22. The SMILES string of the molecule is Cc1ccc(OC[C@H]2O[C@H]2C)cc1. The molecule has 70 valence electrons. The molecule has 0 aromatic heterocycles. The summed E-state index contributed by atoms with van der Waals surface area (Å²) in [7, 11) is 0. The summed E-state index contributed by atoms with van der Waals surface area (Å²) >= 11 is 0. The van der Waals surface area contributed by atoms with E-state index in [1.807, 2.05) is 24.3 Å². The Morgan fingerprint density at radius 3 is 2.46 bits per heavy atom. The van der Waals surface area contributed by atoms with E-state index < -0.39 is 0 Å². The number of hydrogen-bond donors (Lipinski definition) is 0.